The highest BCUT2D eigenvalue weighted by Crippen LogP contribution is 2.35. The third-order valence-corrected chi connectivity index (χ3v) is 3.49. The van der Waals surface area contributed by atoms with E-state index in [1.54, 1.807) is 0 Å². The summed E-state index contributed by atoms with van der Waals surface area (Å²) < 4.78 is 13.6. The van der Waals surface area contributed by atoms with Gasteiger partial charge in [0.25, 0.3) is 0 Å². The highest BCUT2D eigenvalue weighted by Gasteiger charge is 2.12. The molecule has 2 rings (SSSR count). The molecule has 0 saturated carbocycles. The minimum Gasteiger partial charge on any atom is -0.478 e. The average Bonchev–Trinajstić information content (AvgIpc) is 2.35. The maximum atomic E-state index is 13.2. The van der Waals surface area contributed by atoms with Crippen molar-refractivity contribution in [1.82, 2.24) is 0 Å². The van der Waals surface area contributed by atoms with Crippen LogP contribution in [0.2, 0.25) is 5.02 Å². The molecule has 0 spiro atoms. The molecule has 0 bridgehead atoms. The summed E-state index contributed by atoms with van der Waals surface area (Å²) in [6.07, 6.45) is 0. The van der Waals surface area contributed by atoms with E-state index in [2.05, 4.69) is 21.2 Å². The summed E-state index contributed by atoms with van der Waals surface area (Å²) in [5, 5.41) is 12.0. The molecule has 0 radical (unpaired) electrons. The fraction of sp³-hybridized carbons (Fsp3) is 0. The lowest BCUT2D eigenvalue weighted by Gasteiger charge is -2.13. The van der Waals surface area contributed by atoms with Gasteiger partial charge in [0.1, 0.15) is 5.82 Å². The molecule has 104 valence electrons. The number of aromatic carboxylic acids is 1. The normalized spacial score (nSPS) is 10.3. The lowest BCUT2D eigenvalue weighted by atomic mass is 10.1. The Bertz CT molecular complexity index is 671. The van der Waals surface area contributed by atoms with Crippen LogP contribution in [0.1, 0.15) is 10.4 Å². The Morgan fingerprint density at radius 3 is 2.65 bits per heavy atom. The number of carboxylic acids is 1. The molecule has 0 unspecified atom stereocenters. The standard InChI is InChI=1S/C13H9BrClFN2O2/c14-8-4-7(16)5-9(15)12(8)18-11-3-6(13(19)20)1-2-10(11)17/h1-5,18H,17H2,(H,19,20). The number of carboxylic acid groups (broad SMARTS) is 1. The van der Waals surface area contributed by atoms with Crippen LogP contribution in [0.15, 0.2) is 34.8 Å². The minimum atomic E-state index is -1.07. The Hall–Kier alpha value is -1.79. The number of carbonyl (C=O) groups is 1. The van der Waals surface area contributed by atoms with Gasteiger partial charge >= 0.3 is 5.97 Å². The first-order valence-electron chi connectivity index (χ1n) is 5.43. The number of nitrogens with two attached hydrogens (primary N) is 1. The molecular formula is C13H9BrClFN2O2. The number of benzene rings is 2. The van der Waals surface area contributed by atoms with Crippen molar-refractivity contribution in [3.8, 4) is 0 Å². The molecule has 0 saturated heterocycles. The first kappa shape index (κ1) is 14.6. The molecule has 4 N–H and O–H groups in total. The number of nitrogen functional groups attached to an aromatic ring is 1. The van der Waals surface area contributed by atoms with Crippen LogP contribution in [0.4, 0.5) is 21.5 Å². The lowest BCUT2D eigenvalue weighted by molar-refractivity contribution is 0.0697. The topological polar surface area (TPSA) is 75.4 Å². The highest BCUT2D eigenvalue weighted by molar-refractivity contribution is 9.10. The summed E-state index contributed by atoms with van der Waals surface area (Å²) in [5.41, 5.74) is 6.99. The molecule has 0 amide bonds. The second kappa shape index (κ2) is 5.68. The monoisotopic (exact) mass is 358 g/mol. The molecule has 2 aromatic rings. The van der Waals surface area contributed by atoms with Crippen molar-refractivity contribution in [1.29, 1.82) is 0 Å². The summed E-state index contributed by atoms with van der Waals surface area (Å²) in [5.74, 6) is -1.56. The van der Waals surface area contributed by atoms with Gasteiger partial charge in [-0.3, -0.25) is 0 Å². The van der Waals surface area contributed by atoms with Gasteiger partial charge in [0.15, 0.2) is 0 Å². The zero-order valence-electron chi connectivity index (χ0n) is 9.95. The number of anilines is 3. The predicted molar refractivity (Wildman–Crippen MR) is 80.2 cm³/mol. The van der Waals surface area contributed by atoms with Crippen molar-refractivity contribution in [3.05, 3.63) is 51.2 Å². The van der Waals surface area contributed by atoms with Gasteiger partial charge < -0.3 is 16.2 Å². The molecular weight excluding hydrogens is 351 g/mol. The second-order valence-electron chi connectivity index (χ2n) is 3.98. The first-order chi connectivity index (χ1) is 9.38. The fourth-order valence-corrected chi connectivity index (χ4v) is 2.49. The number of rotatable bonds is 3. The third kappa shape index (κ3) is 3.02. The van der Waals surface area contributed by atoms with Gasteiger partial charge in [-0.05, 0) is 46.3 Å². The largest absolute Gasteiger partial charge is 0.478 e. The molecule has 2 aromatic carbocycles. The van der Waals surface area contributed by atoms with Crippen LogP contribution in [0, 0.1) is 5.82 Å². The van der Waals surface area contributed by atoms with E-state index in [0.717, 1.165) is 6.07 Å². The molecule has 0 fully saturated rings. The Morgan fingerprint density at radius 1 is 1.35 bits per heavy atom. The van der Waals surface area contributed by atoms with Gasteiger partial charge in [0.2, 0.25) is 0 Å². The van der Waals surface area contributed by atoms with Crippen molar-refractivity contribution < 1.29 is 14.3 Å². The molecule has 0 heterocycles. The van der Waals surface area contributed by atoms with Gasteiger partial charge in [-0.15, -0.1) is 0 Å². The van der Waals surface area contributed by atoms with E-state index in [1.807, 2.05) is 0 Å². The van der Waals surface area contributed by atoms with Crippen LogP contribution >= 0.6 is 27.5 Å². The predicted octanol–water partition coefficient (Wildman–Crippen LogP) is 4.27. The summed E-state index contributed by atoms with van der Waals surface area (Å²) in [6.45, 7) is 0. The van der Waals surface area contributed by atoms with Crippen LogP contribution in [0.25, 0.3) is 0 Å². The van der Waals surface area contributed by atoms with E-state index in [0.29, 0.717) is 21.5 Å². The van der Waals surface area contributed by atoms with E-state index in [1.165, 1.54) is 24.3 Å². The number of hydrogen-bond acceptors (Lipinski definition) is 3. The molecule has 7 heteroatoms. The van der Waals surface area contributed by atoms with Crippen molar-refractivity contribution in [3.63, 3.8) is 0 Å². The molecule has 0 aliphatic carbocycles. The fourth-order valence-electron chi connectivity index (χ4n) is 1.59. The molecule has 4 nitrogen and oxygen atoms in total. The smallest absolute Gasteiger partial charge is 0.335 e. The zero-order chi connectivity index (χ0) is 14.9. The van der Waals surface area contributed by atoms with Gasteiger partial charge in [0.05, 0.1) is 27.6 Å². The first-order valence-corrected chi connectivity index (χ1v) is 6.60. The number of hydrogen-bond donors (Lipinski definition) is 3. The number of halogens is 3. The van der Waals surface area contributed by atoms with E-state index < -0.39 is 11.8 Å². The quantitative estimate of drug-likeness (QED) is 0.716. The van der Waals surface area contributed by atoms with Crippen LogP contribution in [0.5, 0.6) is 0 Å². The SMILES string of the molecule is Nc1ccc(C(=O)O)cc1Nc1c(Cl)cc(F)cc1Br. The van der Waals surface area contributed by atoms with Crippen molar-refractivity contribution >= 4 is 50.6 Å². The molecule has 20 heavy (non-hydrogen) atoms. The van der Waals surface area contributed by atoms with Crippen molar-refractivity contribution in [2.45, 2.75) is 0 Å². The lowest BCUT2D eigenvalue weighted by Crippen LogP contribution is -2.02. The Labute approximate surface area is 127 Å². The van der Waals surface area contributed by atoms with Crippen LogP contribution < -0.4 is 11.1 Å². The van der Waals surface area contributed by atoms with E-state index in [9.17, 15) is 9.18 Å². The van der Waals surface area contributed by atoms with E-state index in [4.69, 9.17) is 22.4 Å². The Balaban J connectivity index is 2.45. The zero-order valence-corrected chi connectivity index (χ0v) is 12.3. The minimum absolute atomic E-state index is 0.0797. The Morgan fingerprint density at radius 2 is 2.05 bits per heavy atom. The molecule has 0 aliphatic heterocycles. The van der Waals surface area contributed by atoms with E-state index >= 15 is 0 Å². The molecule has 0 aromatic heterocycles. The van der Waals surface area contributed by atoms with Crippen LogP contribution in [0.3, 0.4) is 0 Å². The average molecular weight is 360 g/mol. The molecule has 0 atom stereocenters. The van der Waals surface area contributed by atoms with Gasteiger partial charge in [-0.1, -0.05) is 11.6 Å². The maximum Gasteiger partial charge on any atom is 0.335 e. The molecule has 0 aliphatic rings. The van der Waals surface area contributed by atoms with E-state index in [-0.39, 0.29) is 10.6 Å². The summed E-state index contributed by atoms with van der Waals surface area (Å²) >= 11 is 9.13. The van der Waals surface area contributed by atoms with Gasteiger partial charge in [-0.2, -0.15) is 0 Å². The Kier molecular flexibility index (Phi) is 4.15. The van der Waals surface area contributed by atoms with Gasteiger partial charge in [-0.25, -0.2) is 9.18 Å². The van der Waals surface area contributed by atoms with Crippen molar-refractivity contribution in [2.75, 3.05) is 11.1 Å². The van der Waals surface area contributed by atoms with Gasteiger partial charge in [0, 0.05) is 4.47 Å². The van der Waals surface area contributed by atoms with Crippen LogP contribution in [-0.4, -0.2) is 11.1 Å². The number of nitrogens with one attached hydrogen (secondary N) is 1. The summed E-state index contributed by atoms with van der Waals surface area (Å²) in [6, 6.07) is 6.63. The third-order valence-electron chi connectivity index (χ3n) is 2.57. The van der Waals surface area contributed by atoms with Crippen LogP contribution in [-0.2, 0) is 0 Å². The summed E-state index contributed by atoms with van der Waals surface area (Å²) in [4.78, 5) is 10.9. The highest BCUT2D eigenvalue weighted by atomic mass is 79.9. The van der Waals surface area contributed by atoms with Crippen molar-refractivity contribution in [2.24, 2.45) is 0 Å². The maximum absolute atomic E-state index is 13.2. The second-order valence-corrected chi connectivity index (χ2v) is 5.24. The summed E-state index contributed by atoms with van der Waals surface area (Å²) in [7, 11) is 0.